The maximum Gasteiger partial charge on any atom is 0.204 e. The highest BCUT2D eigenvalue weighted by atomic mass is 35.5. The molecular weight excluding hydrogens is 232 g/mol. The lowest BCUT2D eigenvalue weighted by atomic mass is 10.2. The highest BCUT2D eigenvalue weighted by molar-refractivity contribution is 6.29. The molecule has 0 aliphatic carbocycles. The van der Waals surface area contributed by atoms with Crippen molar-refractivity contribution in [3.05, 3.63) is 65.4 Å². The summed E-state index contributed by atoms with van der Waals surface area (Å²) in [5.41, 5.74) is 3.23. The van der Waals surface area contributed by atoms with Crippen molar-refractivity contribution >= 4 is 22.6 Å². The Morgan fingerprint density at radius 3 is 2.47 bits per heavy atom. The Hall–Kier alpha value is -1.80. The molecule has 3 aromatic rings. The molecule has 17 heavy (non-hydrogen) atoms. The summed E-state index contributed by atoms with van der Waals surface area (Å²) in [5, 5.41) is 0.537. The van der Waals surface area contributed by atoms with E-state index in [1.54, 1.807) is 0 Å². The van der Waals surface area contributed by atoms with Crippen molar-refractivity contribution in [3.63, 3.8) is 0 Å². The van der Waals surface area contributed by atoms with E-state index in [9.17, 15) is 0 Å². The van der Waals surface area contributed by atoms with Gasteiger partial charge in [0.05, 0.1) is 17.6 Å². The summed E-state index contributed by atoms with van der Waals surface area (Å²) in [6.45, 7) is 0.750. The Labute approximate surface area is 104 Å². The molecule has 0 aliphatic rings. The van der Waals surface area contributed by atoms with Crippen molar-refractivity contribution in [2.45, 2.75) is 6.54 Å². The van der Waals surface area contributed by atoms with Gasteiger partial charge < -0.3 is 4.57 Å². The normalized spacial score (nSPS) is 10.9. The summed E-state index contributed by atoms with van der Waals surface area (Å²) in [7, 11) is 0. The highest BCUT2D eigenvalue weighted by Crippen LogP contribution is 2.20. The van der Waals surface area contributed by atoms with Crippen LogP contribution in [0.2, 0.25) is 5.28 Å². The molecule has 3 heteroatoms. The van der Waals surface area contributed by atoms with E-state index in [2.05, 4.69) is 17.1 Å². The smallest absolute Gasteiger partial charge is 0.204 e. The first-order valence-electron chi connectivity index (χ1n) is 5.49. The van der Waals surface area contributed by atoms with E-state index in [1.165, 1.54) is 5.56 Å². The minimum Gasteiger partial charge on any atom is -0.310 e. The lowest BCUT2D eigenvalue weighted by Gasteiger charge is -2.05. The van der Waals surface area contributed by atoms with Crippen molar-refractivity contribution in [1.29, 1.82) is 0 Å². The number of para-hydroxylation sites is 2. The van der Waals surface area contributed by atoms with Crippen LogP contribution in [-0.2, 0) is 6.54 Å². The van der Waals surface area contributed by atoms with Crippen LogP contribution in [0.5, 0.6) is 0 Å². The van der Waals surface area contributed by atoms with Crippen LogP contribution in [-0.4, -0.2) is 9.55 Å². The average molecular weight is 243 g/mol. The Morgan fingerprint density at radius 1 is 0.941 bits per heavy atom. The van der Waals surface area contributed by atoms with Gasteiger partial charge in [0, 0.05) is 0 Å². The summed E-state index contributed by atoms with van der Waals surface area (Å²) in [4.78, 5) is 4.34. The quantitative estimate of drug-likeness (QED) is 0.669. The van der Waals surface area contributed by atoms with Crippen LogP contribution in [0.1, 0.15) is 5.56 Å². The van der Waals surface area contributed by atoms with Gasteiger partial charge in [-0.25, -0.2) is 4.98 Å². The Morgan fingerprint density at radius 2 is 1.65 bits per heavy atom. The molecule has 0 atom stereocenters. The Bertz CT molecular complexity index is 644. The van der Waals surface area contributed by atoms with E-state index < -0.39 is 0 Å². The van der Waals surface area contributed by atoms with Crippen LogP contribution in [0.25, 0.3) is 11.0 Å². The monoisotopic (exact) mass is 242 g/mol. The van der Waals surface area contributed by atoms with Gasteiger partial charge in [-0.05, 0) is 29.3 Å². The summed E-state index contributed by atoms with van der Waals surface area (Å²) in [5.74, 6) is 0. The summed E-state index contributed by atoms with van der Waals surface area (Å²) in [6.07, 6.45) is 0. The first-order valence-corrected chi connectivity index (χ1v) is 5.87. The van der Waals surface area contributed by atoms with Crippen LogP contribution in [0.3, 0.4) is 0 Å². The third kappa shape index (κ3) is 1.92. The van der Waals surface area contributed by atoms with Gasteiger partial charge in [-0.1, -0.05) is 42.5 Å². The predicted molar refractivity (Wildman–Crippen MR) is 70.3 cm³/mol. The standard InChI is InChI=1S/C14H11ClN2/c15-14-16-12-8-4-5-9-13(12)17(14)10-11-6-2-1-3-7-11/h1-9H,10H2. The van der Waals surface area contributed by atoms with Crippen molar-refractivity contribution in [2.24, 2.45) is 0 Å². The summed E-state index contributed by atoms with van der Waals surface area (Å²) < 4.78 is 2.02. The van der Waals surface area contributed by atoms with Crippen molar-refractivity contribution < 1.29 is 0 Å². The van der Waals surface area contributed by atoms with Crippen LogP contribution in [0.15, 0.2) is 54.6 Å². The van der Waals surface area contributed by atoms with E-state index >= 15 is 0 Å². The minimum atomic E-state index is 0.537. The molecule has 0 unspecified atom stereocenters. The lowest BCUT2D eigenvalue weighted by Crippen LogP contribution is -1.99. The highest BCUT2D eigenvalue weighted by Gasteiger charge is 2.07. The molecule has 1 aromatic heterocycles. The molecule has 0 saturated carbocycles. The second-order valence-corrected chi connectivity index (χ2v) is 4.28. The second kappa shape index (κ2) is 4.22. The van der Waals surface area contributed by atoms with Gasteiger partial charge >= 0.3 is 0 Å². The van der Waals surface area contributed by atoms with Crippen LogP contribution >= 0.6 is 11.6 Å². The SMILES string of the molecule is Clc1nc2ccccc2n1Cc1ccccc1. The number of aromatic nitrogens is 2. The van der Waals surface area contributed by atoms with Gasteiger partial charge in [0.25, 0.3) is 0 Å². The molecule has 1 heterocycles. The fourth-order valence-corrected chi connectivity index (χ4v) is 2.20. The van der Waals surface area contributed by atoms with Crippen LogP contribution in [0, 0.1) is 0 Å². The maximum absolute atomic E-state index is 6.17. The summed E-state index contributed by atoms with van der Waals surface area (Å²) in [6, 6.07) is 18.2. The minimum absolute atomic E-state index is 0.537. The first-order chi connectivity index (χ1) is 8.34. The third-order valence-electron chi connectivity index (χ3n) is 2.79. The van der Waals surface area contributed by atoms with E-state index in [4.69, 9.17) is 11.6 Å². The van der Waals surface area contributed by atoms with Crippen molar-refractivity contribution in [3.8, 4) is 0 Å². The lowest BCUT2D eigenvalue weighted by molar-refractivity contribution is 0.826. The number of hydrogen-bond donors (Lipinski definition) is 0. The largest absolute Gasteiger partial charge is 0.310 e. The van der Waals surface area contributed by atoms with E-state index in [0.29, 0.717) is 5.28 Å². The van der Waals surface area contributed by atoms with Gasteiger partial charge in [0.2, 0.25) is 5.28 Å². The molecule has 0 amide bonds. The Kier molecular flexibility index (Phi) is 2.57. The zero-order valence-electron chi connectivity index (χ0n) is 9.18. The number of hydrogen-bond acceptors (Lipinski definition) is 1. The van der Waals surface area contributed by atoms with Crippen molar-refractivity contribution in [1.82, 2.24) is 9.55 Å². The molecule has 0 spiro atoms. The molecular formula is C14H11ClN2. The molecule has 0 N–H and O–H groups in total. The predicted octanol–water partition coefficient (Wildman–Crippen LogP) is 3.74. The number of nitrogens with zero attached hydrogens (tertiary/aromatic N) is 2. The molecule has 3 rings (SSSR count). The fraction of sp³-hybridized carbons (Fsp3) is 0.0714. The fourth-order valence-electron chi connectivity index (χ4n) is 1.96. The molecule has 0 aliphatic heterocycles. The van der Waals surface area contributed by atoms with Crippen LogP contribution in [0.4, 0.5) is 0 Å². The maximum atomic E-state index is 6.17. The summed E-state index contributed by atoms with van der Waals surface area (Å²) >= 11 is 6.17. The van der Waals surface area contributed by atoms with Gasteiger partial charge in [-0.2, -0.15) is 0 Å². The number of rotatable bonds is 2. The van der Waals surface area contributed by atoms with Gasteiger partial charge in [0.1, 0.15) is 0 Å². The average Bonchev–Trinajstić information content (AvgIpc) is 2.68. The van der Waals surface area contributed by atoms with E-state index in [-0.39, 0.29) is 0 Å². The zero-order chi connectivity index (χ0) is 11.7. The molecule has 0 radical (unpaired) electrons. The third-order valence-corrected chi connectivity index (χ3v) is 3.08. The van der Waals surface area contributed by atoms with E-state index in [1.807, 2.05) is 47.0 Å². The van der Waals surface area contributed by atoms with Gasteiger partial charge in [0.15, 0.2) is 0 Å². The van der Waals surface area contributed by atoms with Gasteiger partial charge in [-0.3, -0.25) is 0 Å². The molecule has 84 valence electrons. The van der Waals surface area contributed by atoms with E-state index in [0.717, 1.165) is 17.6 Å². The molecule has 0 saturated heterocycles. The molecule has 0 bridgehead atoms. The number of benzene rings is 2. The Balaban J connectivity index is 2.08. The van der Waals surface area contributed by atoms with Crippen LogP contribution < -0.4 is 0 Å². The molecule has 2 aromatic carbocycles. The number of imidazole rings is 1. The second-order valence-electron chi connectivity index (χ2n) is 3.94. The first kappa shape index (κ1) is 10.4. The topological polar surface area (TPSA) is 17.8 Å². The van der Waals surface area contributed by atoms with Crippen molar-refractivity contribution in [2.75, 3.05) is 0 Å². The number of fused-ring (bicyclic) bond motifs is 1. The molecule has 0 fully saturated rings. The zero-order valence-corrected chi connectivity index (χ0v) is 9.93. The van der Waals surface area contributed by atoms with Gasteiger partial charge in [-0.15, -0.1) is 0 Å². The number of halogens is 1. The molecule has 2 nitrogen and oxygen atoms in total.